The number of rotatable bonds is 8. The molecule has 0 aromatic heterocycles. The topological polar surface area (TPSA) is 151 Å². The molecular formula is C20H22N4O6S. The first-order chi connectivity index (χ1) is 14.8. The first-order valence-electron chi connectivity index (χ1n) is 9.71. The van der Waals surface area contributed by atoms with Gasteiger partial charge >= 0.3 is 5.97 Å². The molecule has 2 aromatic rings. The minimum Gasteiger partial charge on any atom is -0.478 e. The lowest BCUT2D eigenvalue weighted by atomic mass is 9.90. The van der Waals surface area contributed by atoms with E-state index in [1.807, 2.05) is 0 Å². The smallest absolute Gasteiger partial charge is 0.337 e. The van der Waals surface area contributed by atoms with Gasteiger partial charge in [0.1, 0.15) is 5.69 Å². The number of hydrogen-bond donors (Lipinski definition) is 3. The monoisotopic (exact) mass is 446 g/mol. The van der Waals surface area contributed by atoms with Crippen LogP contribution in [0.4, 0.5) is 17.1 Å². The minimum absolute atomic E-state index is 0.0574. The van der Waals surface area contributed by atoms with Gasteiger partial charge in [-0.2, -0.15) is 5.10 Å². The van der Waals surface area contributed by atoms with Crippen molar-refractivity contribution in [3.63, 3.8) is 0 Å². The van der Waals surface area contributed by atoms with E-state index < -0.39 is 26.6 Å². The number of carboxylic acid groups (broad SMARTS) is 1. The van der Waals surface area contributed by atoms with Gasteiger partial charge in [-0.3, -0.25) is 20.3 Å². The highest BCUT2D eigenvalue weighted by molar-refractivity contribution is 7.92. The predicted molar refractivity (Wildman–Crippen MR) is 116 cm³/mol. The Bertz CT molecular complexity index is 1110. The summed E-state index contributed by atoms with van der Waals surface area (Å²) in [5, 5.41) is 24.8. The Morgan fingerprint density at radius 1 is 1.13 bits per heavy atom. The number of nitrogens with zero attached hydrogens (tertiary/aromatic N) is 2. The number of nitrogens with one attached hydrogen (secondary N) is 2. The van der Waals surface area contributed by atoms with Gasteiger partial charge in [-0.15, -0.1) is 0 Å². The van der Waals surface area contributed by atoms with Crippen molar-refractivity contribution in [2.24, 2.45) is 11.0 Å². The number of hydrazone groups is 1. The van der Waals surface area contributed by atoms with Gasteiger partial charge in [-0.25, -0.2) is 13.2 Å². The van der Waals surface area contributed by atoms with Crippen molar-refractivity contribution in [2.45, 2.75) is 37.0 Å². The van der Waals surface area contributed by atoms with Crippen LogP contribution in [0.15, 0.2) is 52.5 Å². The molecule has 0 heterocycles. The number of sulfonamides is 1. The Balaban J connectivity index is 1.83. The quantitative estimate of drug-likeness (QED) is 0.314. The summed E-state index contributed by atoms with van der Waals surface area (Å²) in [5.74, 6) is -0.988. The fourth-order valence-electron chi connectivity index (χ4n) is 3.38. The molecule has 3 N–H and O–H groups in total. The van der Waals surface area contributed by atoms with Crippen LogP contribution in [0.3, 0.4) is 0 Å². The van der Waals surface area contributed by atoms with Crippen molar-refractivity contribution in [3.05, 3.63) is 58.1 Å². The van der Waals surface area contributed by atoms with Gasteiger partial charge in [0, 0.05) is 12.3 Å². The Labute approximate surface area is 179 Å². The summed E-state index contributed by atoms with van der Waals surface area (Å²) in [5.41, 5.74) is 1.84. The molecule has 0 saturated heterocycles. The first kappa shape index (κ1) is 22.2. The largest absolute Gasteiger partial charge is 0.478 e. The highest BCUT2D eigenvalue weighted by Crippen LogP contribution is 2.29. The Hall–Kier alpha value is -3.47. The number of hydrogen-bond acceptors (Lipinski definition) is 7. The lowest BCUT2D eigenvalue weighted by molar-refractivity contribution is -0.384. The summed E-state index contributed by atoms with van der Waals surface area (Å²) in [6.45, 7) is 0. The SMILES string of the molecule is O=C(O)c1ccccc1NS(=O)(=O)c1ccc(NN=CC2CCCCC2)c([N+](=O)[O-])c1. The highest BCUT2D eigenvalue weighted by Gasteiger charge is 2.23. The van der Waals surface area contributed by atoms with E-state index in [4.69, 9.17) is 0 Å². The number of anilines is 2. The van der Waals surface area contributed by atoms with Crippen LogP contribution < -0.4 is 10.1 Å². The van der Waals surface area contributed by atoms with Crippen LogP contribution in [0.25, 0.3) is 0 Å². The third kappa shape index (κ3) is 5.57. The number of carboxylic acids is 1. The van der Waals surface area contributed by atoms with E-state index in [9.17, 15) is 28.4 Å². The van der Waals surface area contributed by atoms with Gasteiger partial charge in [-0.05, 0) is 43.0 Å². The number of para-hydroxylation sites is 1. The van der Waals surface area contributed by atoms with E-state index in [-0.39, 0.29) is 21.8 Å². The van der Waals surface area contributed by atoms with Crippen LogP contribution in [0.5, 0.6) is 0 Å². The molecule has 0 atom stereocenters. The van der Waals surface area contributed by atoms with Gasteiger partial charge in [0.25, 0.3) is 15.7 Å². The van der Waals surface area contributed by atoms with Crippen molar-refractivity contribution in [1.29, 1.82) is 0 Å². The Kier molecular flexibility index (Phi) is 6.85. The van der Waals surface area contributed by atoms with Gasteiger partial charge in [0.05, 0.1) is 21.1 Å². The van der Waals surface area contributed by atoms with Crippen LogP contribution >= 0.6 is 0 Å². The third-order valence-electron chi connectivity index (χ3n) is 5.00. The number of nitro benzene ring substituents is 1. The summed E-state index contributed by atoms with van der Waals surface area (Å²) >= 11 is 0. The average Bonchev–Trinajstić information content (AvgIpc) is 2.74. The molecule has 0 radical (unpaired) electrons. The number of nitro groups is 1. The van der Waals surface area contributed by atoms with Crippen LogP contribution in [0.2, 0.25) is 0 Å². The molecule has 0 bridgehead atoms. The summed E-state index contributed by atoms with van der Waals surface area (Å²) in [4.78, 5) is 21.7. The number of aromatic carboxylic acids is 1. The van der Waals surface area contributed by atoms with E-state index in [0.29, 0.717) is 5.92 Å². The fraction of sp³-hybridized carbons (Fsp3) is 0.300. The summed E-state index contributed by atoms with van der Waals surface area (Å²) in [6, 6.07) is 8.84. The molecule has 1 aliphatic carbocycles. The molecule has 10 nitrogen and oxygen atoms in total. The van der Waals surface area contributed by atoms with Crippen LogP contribution in [0.1, 0.15) is 42.5 Å². The fourth-order valence-corrected chi connectivity index (χ4v) is 4.48. The molecule has 0 aliphatic heterocycles. The zero-order chi connectivity index (χ0) is 22.4. The van der Waals surface area contributed by atoms with E-state index in [1.54, 1.807) is 6.21 Å². The second-order valence-corrected chi connectivity index (χ2v) is 8.86. The molecule has 1 aliphatic rings. The average molecular weight is 446 g/mol. The number of benzene rings is 2. The normalized spacial score (nSPS) is 15.0. The molecule has 31 heavy (non-hydrogen) atoms. The summed E-state index contributed by atoms with van der Waals surface area (Å²) in [7, 11) is -4.26. The lowest BCUT2D eigenvalue weighted by Gasteiger charge is -2.16. The van der Waals surface area contributed by atoms with Crippen molar-refractivity contribution in [3.8, 4) is 0 Å². The number of carbonyl (C=O) groups is 1. The van der Waals surface area contributed by atoms with Gasteiger partial charge < -0.3 is 5.11 Å². The van der Waals surface area contributed by atoms with Crippen LogP contribution in [-0.2, 0) is 10.0 Å². The second kappa shape index (κ2) is 9.56. The molecular weight excluding hydrogens is 424 g/mol. The zero-order valence-corrected chi connectivity index (χ0v) is 17.3. The predicted octanol–water partition coefficient (Wildman–Crippen LogP) is 4.07. The van der Waals surface area contributed by atoms with Crippen LogP contribution in [0, 0.1) is 16.0 Å². The van der Waals surface area contributed by atoms with Gasteiger partial charge in [-0.1, -0.05) is 31.4 Å². The highest BCUT2D eigenvalue weighted by atomic mass is 32.2. The third-order valence-corrected chi connectivity index (χ3v) is 6.36. The maximum absolute atomic E-state index is 12.7. The Morgan fingerprint density at radius 2 is 1.84 bits per heavy atom. The second-order valence-electron chi connectivity index (χ2n) is 7.18. The van der Waals surface area contributed by atoms with E-state index in [0.717, 1.165) is 31.7 Å². The maximum atomic E-state index is 12.7. The zero-order valence-electron chi connectivity index (χ0n) is 16.5. The summed E-state index contributed by atoms with van der Waals surface area (Å²) < 4.78 is 27.6. The van der Waals surface area contributed by atoms with Crippen molar-refractivity contribution in [2.75, 3.05) is 10.1 Å². The van der Waals surface area contributed by atoms with Gasteiger partial charge in [0.2, 0.25) is 0 Å². The molecule has 164 valence electrons. The van der Waals surface area contributed by atoms with E-state index in [1.165, 1.54) is 42.8 Å². The van der Waals surface area contributed by atoms with Crippen LogP contribution in [-0.4, -0.2) is 30.6 Å². The molecule has 1 fully saturated rings. The Morgan fingerprint density at radius 3 is 2.52 bits per heavy atom. The van der Waals surface area contributed by atoms with E-state index in [2.05, 4.69) is 15.2 Å². The van der Waals surface area contributed by atoms with Crippen molar-refractivity contribution >= 4 is 39.3 Å². The van der Waals surface area contributed by atoms with Gasteiger partial charge in [0.15, 0.2) is 0 Å². The maximum Gasteiger partial charge on any atom is 0.337 e. The molecule has 0 spiro atoms. The lowest BCUT2D eigenvalue weighted by Crippen LogP contribution is -2.16. The van der Waals surface area contributed by atoms with E-state index >= 15 is 0 Å². The molecule has 11 heteroatoms. The first-order valence-corrected chi connectivity index (χ1v) is 11.2. The molecule has 0 unspecified atom stereocenters. The molecule has 3 rings (SSSR count). The molecule has 1 saturated carbocycles. The summed E-state index contributed by atoms with van der Waals surface area (Å²) in [6.07, 6.45) is 7.23. The van der Waals surface area contributed by atoms with Crippen molar-refractivity contribution < 1.29 is 23.2 Å². The van der Waals surface area contributed by atoms with Crippen molar-refractivity contribution in [1.82, 2.24) is 0 Å². The minimum atomic E-state index is -4.26. The standard InChI is InChI=1S/C20H22N4O6S/c25-20(26)16-8-4-5-9-17(16)23-31(29,30)15-10-11-18(19(12-15)24(27)28)22-21-13-14-6-2-1-3-7-14/h4-5,8-14,22-23H,1-3,6-7H2,(H,25,26). The molecule has 0 amide bonds. The molecule has 2 aromatic carbocycles.